The van der Waals surface area contributed by atoms with E-state index in [4.69, 9.17) is 4.55 Å². The third kappa shape index (κ3) is 7.69. The topological polar surface area (TPSA) is 107 Å². The van der Waals surface area contributed by atoms with Crippen molar-refractivity contribution in [2.75, 3.05) is 6.54 Å². The molecule has 0 fully saturated rings. The summed E-state index contributed by atoms with van der Waals surface area (Å²) in [5.41, 5.74) is 0. The van der Waals surface area contributed by atoms with E-state index in [1.54, 1.807) is 13.8 Å². The number of hydrogen-bond acceptors (Lipinski definition) is 4. The van der Waals surface area contributed by atoms with E-state index in [9.17, 15) is 18.6 Å². The van der Waals surface area contributed by atoms with Crippen LogP contribution in [0.1, 0.15) is 26.7 Å². The van der Waals surface area contributed by atoms with Gasteiger partial charge in [0.15, 0.2) is 0 Å². The highest BCUT2D eigenvalue weighted by molar-refractivity contribution is 7.83. The Labute approximate surface area is 90.2 Å². The molecule has 0 aromatic rings. The van der Waals surface area contributed by atoms with Gasteiger partial charge in [-0.25, -0.2) is 0 Å². The Morgan fingerprint density at radius 1 is 1.20 bits per heavy atom. The standard InChI is InChI=1S/C8H19NO5S/c1-6(10)8(7(2)11)4-3-5-9-15(12,13)14/h6-11H,3-5H2,1-2H3,(H,12,13,14). The van der Waals surface area contributed by atoms with Gasteiger partial charge in [-0.1, -0.05) is 0 Å². The van der Waals surface area contributed by atoms with Crippen molar-refractivity contribution in [1.29, 1.82) is 0 Å². The molecule has 15 heavy (non-hydrogen) atoms. The van der Waals surface area contributed by atoms with Crippen LogP contribution >= 0.6 is 0 Å². The first-order valence-corrected chi connectivity index (χ1v) is 6.26. The van der Waals surface area contributed by atoms with Crippen molar-refractivity contribution in [3.8, 4) is 0 Å². The average Bonchev–Trinajstić information content (AvgIpc) is 2.00. The van der Waals surface area contributed by atoms with Gasteiger partial charge in [-0.3, -0.25) is 4.55 Å². The van der Waals surface area contributed by atoms with E-state index < -0.39 is 22.5 Å². The number of hydrogen-bond donors (Lipinski definition) is 4. The van der Waals surface area contributed by atoms with E-state index in [0.29, 0.717) is 12.8 Å². The summed E-state index contributed by atoms with van der Waals surface area (Å²) in [5, 5.41) is 18.6. The first kappa shape index (κ1) is 14.8. The highest BCUT2D eigenvalue weighted by Gasteiger charge is 2.19. The van der Waals surface area contributed by atoms with E-state index in [1.165, 1.54) is 0 Å². The molecule has 0 radical (unpaired) electrons. The zero-order chi connectivity index (χ0) is 12.1. The summed E-state index contributed by atoms with van der Waals surface area (Å²) < 4.78 is 30.9. The molecule has 4 N–H and O–H groups in total. The van der Waals surface area contributed by atoms with Crippen LogP contribution in [-0.4, -0.2) is 41.9 Å². The maximum atomic E-state index is 10.3. The highest BCUT2D eigenvalue weighted by Crippen LogP contribution is 2.15. The van der Waals surface area contributed by atoms with Gasteiger partial charge in [-0.15, -0.1) is 0 Å². The molecule has 0 heterocycles. The van der Waals surface area contributed by atoms with E-state index in [-0.39, 0.29) is 12.5 Å². The van der Waals surface area contributed by atoms with E-state index in [0.717, 1.165) is 0 Å². The van der Waals surface area contributed by atoms with Crippen LogP contribution in [0.2, 0.25) is 0 Å². The van der Waals surface area contributed by atoms with Crippen LogP contribution in [0, 0.1) is 5.92 Å². The summed E-state index contributed by atoms with van der Waals surface area (Å²) in [5.74, 6) is -0.284. The van der Waals surface area contributed by atoms with Crippen LogP contribution in [-0.2, 0) is 10.3 Å². The Balaban J connectivity index is 3.83. The highest BCUT2D eigenvalue weighted by atomic mass is 32.2. The lowest BCUT2D eigenvalue weighted by atomic mass is 9.93. The fraction of sp³-hybridized carbons (Fsp3) is 1.00. The van der Waals surface area contributed by atoms with E-state index in [2.05, 4.69) is 0 Å². The van der Waals surface area contributed by atoms with E-state index >= 15 is 0 Å². The summed E-state index contributed by atoms with van der Waals surface area (Å²) in [6.07, 6.45) is -0.357. The lowest BCUT2D eigenvalue weighted by Gasteiger charge is -2.22. The molecule has 0 spiro atoms. The zero-order valence-corrected chi connectivity index (χ0v) is 9.74. The van der Waals surface area contributed by atoms with Crippen molar-refractivity contribution in [3.63, 3.8) is 0 Å². The second-order valence-corrected chi connectivity index (χ2v) is 4.90. The van der Waals surface area contributed by atoms with Crippen molar-refractivity contribution in [2.45, 2.75) is 38.9 Å². The predicted octanol–water partition coefficient (Wildman–Crippen LogP) is -0.463. The molecule has 0 aliphatic carbocycles. The Hall–Kier alpha value is -0.210. The van der Waals surface area contributed by atoms with Crippen molar-refractivity contribution in [2.24, 2.45) is 5.92 Å². The molecule has 0 aliphatic rings. The SMILES string of the molecule is CC(O)C(CCCNS(=O)(=O)O)C(C)O. The van der Waals surface area contributed by atoms with Gasteiger partial charge in [-0.2, -0.15) is 13.1 Å². The first-order chi connectivity index (χ1) is 6.74. The summed E-state index contributed by atoms with van der Waals surface area (Å²) in [7, 11) is -4.14. The summed E-state index contributed by atoms with van der Waals surface area (Å²) in [6.45, 7) is 3.25. The van der Waals surface area contributed by atoms with Gasteiger partial charge in [0, 0.05) is 12.5 Å². The molecule has 2 unspecified atom stereocenters. The normalized spacial score (nSPS) is 18.5. The lowest BCUT2D eigenvalue weighted by Crippen LogP contribution is -2.29. The minimum atomic E-state index is -4.14. The fourth-order valence-electron chi connectivity index (χ4n) is 1.42. The number of nitrogens with one attached hydrogen (secondary N) is 1. The van der Waals surface area contributed by atoms with Crippen molar-refractivity contribution >= 4 is 10.3 Å². The van der Waals surface area contributed by atoms with Gasteiger partial charge in [0.2, 0.25) is 0 Å². The Morgan fingerprint density at radius 2 is 1.67 bits per heavy atom. The van der Waals surface area contributed by atoms with Gasteiger partial charge in [0.25, 0.3) is 0 Å². The third-order valence-electron chi connectivity index (χ3n) is 2.24. The number of rotatable bonds is 7. The van der Waals surface area contributed by atoms with Crippen LogP contribution in [0.3, 0.4) is 0 Å². The Morgan fingerprint density at radius 3 is 2.00 bits per heavy atom. The monoisotopic (exact) mass is 241 g/mol. The van der Waals surface area contributed by atoms with Crippen LogP contribution in [0.5, 0.6) is 0 Å². The van der Waals surface area contributed by atoms with E-state index in [1.807, 2.05) is 4.72 Å². The summed E-state index contributed by atoms with van der Waals surface area (Å²) >= 11 is 0. The molecule has 92 valence electrons. The molecule has 0 amide bonds. The molecule has 0 saturated heterocycles. The molecule has 7 heteroatoms. The zero-order valence-electron chi connectivity index (χ0n) is 8.92. The Bertz CT molecular complexity index is 254. The summed E-state index contributed by atoms with van der Waals surface area (Å²) in [6, 6.07) is 0. The molecule has 0 aliphatic heterocycles. The Kier molecular flexibility index (Phi) is 6.30. The predicted molar refractivity (Wildman–Crippen MR) is 55.6 cm³/mol. The maximum Gasteiger partial charge on any atom is 0.333 e. The molecule has 0 aromatic carbocycles. The van der Waals surface area contributed by atoms with Crippen LogP contribution in [0.15, 0.2) is 0 Å². The fourth-order valence-corrected chi connectivity index (χ4v) is 1.83. The van der Waals surface area contributed by atoms with Crippen LogP contribution < -0.4 is 4.72 Å². The quantitative estimate of drug-likeness (QED) is 0.356. The number of aliphatic hydroxyl groups excluding tert-OH is 2. The second-order valence-electron chi connectivity index (χ2n) is 3.66. The van der Waals surface area contributed by atoms with Gasteiger partial charge < -0.3 is 10.2 Å². The first-order valence-electron chi connectivity index (χ1n) is 4.82. The molecule has 0 bridgehead atoms. The van der Waals surface area contributed by atoms with Crippen molar-refractivity contribution < 1.29 is 23.2 Å². The second kappa shape index (κ2) is 6.39. The van der Waals surface area contributed by atoms with Gasteiger partial charge in [0.05, 0.1) is 12.2 Å². The number of aliphatic hydroxyl groups is 2. The largest absolute Gasteiger partial charge is 0.393 e. The smallest absolute Gasteiger partial charge is 0.333 e. The van der Waals surface area contributed by atoms with Crippen LogP contribution in [0.4, 0.5) is 0 Å². The third-order valence-corrected chi connectivity index (χ3v) is 2.81. The molecule has 0 rings (SSSR count). The van der Waals surface area contributed by atoms with Crippen LogP contribution in [0.25, 0.3) is 0 Å². The lowest BCUT2D eigenvalue weighted by molar-refractivity contribution is 0.0264. The van der Waals surface area contributed by atoms with Gasteiger partial charge >= 0.3 is 10.3 Å². The van der Waals surface area contributed by atoms with Crippen molar-refractivity contribution in [3.05, 3.63) is 0 Å². The molecule has 2 atom stereocenters. The van der Waals surface area contributed by atoms with Gasteiger partial charge in [0.1, 0.15) is 0 Å². The average molecular weight is 241 g/mol. The maximum absolute atomic E-state index is 10.3. The molecule has 6 nitrogen and oxygen atoms in total. The molecule has 0 saturated carbocycles. The molecular weight excluding hydrogens is 222 g/mol. The molecular formula is C8H19NO5S. The van der Waals surface area contributed by atoms with Crippen molar-refractivity contribution in [1.82, 2.24) is 4.72 Å². The summed E-state index contributed by atoms with van der Waals surface area (Å²) in [4.78, 5) is 0. The minimum Gasteiger partial charge on any atom is -0.393 e. The molecule has 0 aromatic heterocycles. The van der Waals surface area contributed by atoms with Gasteiger partial charge in [-0.05, 0) is 26.7 Å². The minimum absolute atomic E-state index is 0.0920.